The molecule has 7 heteroatoms. The Balaban J connectivity index is 1.32. The number of rotatable bonds is 6. The first-order chi connectivity index (χ1) is 11.9. The van der Waals surface area contributed by atoms with Gasteiger partial charge < -0.3 is 5.32 Å². The molecule has 0 aromatic carbocycles. The molecule has 4 bridgehead atoms. The smallest absolute Gasteiger partial charge is 0.306 e. The quantitative estimate of drug-likeness (QED) is 0.633. The highest BCUT2D eigenvalue weighted by molar-refractivity contribution is 5.78. The van der Waals surface area contributed by atoms with Gasteiger partial charge in [0.1, 0.15) is 12.4 Å². The molecule has 1 amide bonds. The minimum Gasteiger partial charge on any atom is -0.355 e. The molecule has 1 heterocycles. The van der Waals surface area contributed by atoms with Gasteiger partial charge >= 0.3 is 5.69 Å². The summed E-state index contributed by atoms with van der Waals surface area (Å²) in [6, 6.07) is 0. The Morgan fingerprint density at radius 3 is 2.48 bits per heavy atom. The van der Waals surface area contributed by atoms with E-state index in [9.17, 15) is 14.9 Å². The molecule has 0 radical (unpaired) electrons. The first kappa shape index (κ1) is 16.5. The number of nitro groups is 1. The molecule has 0 saturated heterocycles. The van der Waals surface area contributed by atoms with Crippen LogP contribution < -0.4 is 5.32 Å². The van der Waals surface area contributed by atoms with Gasteiger partial charge in [-0.1, -0.05) is 6.92 Å². The lowest BCUT2D eigenvalue weighted by atomic mass is 9.49. The average Bonchev–Trinajstić information content (AvgIpc) is 3.00. The summed E-state index contributed by atoms with van der Waals surface area (Å²) in [5.41, 5.74) is 0.287. The molecule has 1 unspecified atom stereocenters. The van der Waals surface area contributed by atoms with Crippen molar-refractivity contribution in [3.8, 4) is 0 Å². The highest BCUT2D eigenvalue weighted by Gasteiger charge is 2.50. The van der Waals surface area contributed by atoms with Gasteiger partial charge in [0.2, 0.25) is 5.91 Å². The predicted molar refractivity (Wildman–Crippen MR) is 91.7 cm³/mol. The summed E-state index contributed by atoms with van der Waals surface area (Å²) in [4.78, 5) is 22.7. The SMILES string of the molecule is CC(Cn1cc([N+](=O)[O-])cn1)C(=O)NCC12CC3CC(CC(C3)C1)C2. The third-order valence-corrected chi connectivity index (χ3v) is 6.54. The van der Waals surface area contributed by atoms with Crippen LogP contribution in [0.5, 0.6) is 0 Å². The van der Waals surface area contributed by atoms with Crippen molar-refractivity contribution in [1.82, 2.24) is 15.1 Å². The molecule has 136 valence electrons. The van der Waals surface area contributed by atoms with E-state index in [1.165, 1.54) is 55.6 Å². The van der Waals surface area contributed by atoms with Crippen LogP contribution in [0.15, 0.2) is 12.4 Å². The molecule has 1 aromatic heterocycles. The molecule has 1 aromatic rings. The standard InChI is InChI=1S/C18H26N4O3/c1-12(9-21-10-16(8-20-21)22(24)25)17(23)19-11-18-5-13-2-14(6-18)4-15(3-13)7-18/h8,10,12-15H,2-7,9,11H2,1H3,(H,19,23). The second-order valence-corrected chi connectivity index (χ2v) is 8.71. The van der Waals surface area contributed by atoms with E-state index in [1.807, 2.05) is 6.92 Å². The van der Waals surface area contributed by atoms with E-state index in [1.54, 1.807) is 0 Å². The maximum atomic E-state index is 12.5. The second-order valence-electron chi connectivity index (χ2n) is 8.71. The summed E-state index contributed by atoms with van der Waals surface area (Å²) in [5.74, 6) is 2.41. The molecule has 7 nitrogen and oxygen atoms in total. The lowest BCUT2D eigenvalue weighted by Gasteiger charge is -2.57. The Hall–Kier alpha value is -1.92. The van der Waals surface area contributed by atoms with Crippen LogP contribution in [-0.4, -0.2) is 27.2 Å². The number of carbonyl (C=O) groups excluding carboxylic acids is 1. The van der Waals surface area contributed by atoms with Crippen molar-refractivity contribution < 1.29 is 9.72 Å². The Bertz CT molecular complexity index is 648. The molecular weight excluding hydrogens is 320 g/mol. The van der Waals surface area contributed by atoms with Gasteiger partial charge in [0.05, 0.1) is 17.4 Å². The third-order valence-electron chi connectivity index (χ3n) is 6.54. The normalized spacial score (nSPS) is 34.0. The number of carbonyl (C=O) groups is 1. The Morgan fingerprint density at radius 2 is 1.96 bits per heavy atom. The van der Waals surface area contributed by atoms with E-state index in [-0.39, 0.29) is 17.5 Å². The van der Waals surface area contributed by atoms with Gasteiger partial charge in [0, 0.05) is 6.54 Å². The molecule has 0 aliphatic heterocycles. The third kappa shape index (κ3) is 3.28. The number of aromatic nitrogens is 2. The van der Waals surface area contributed by atoms with E-state index in [2.05, 4.69) is 10.4 Å². The van der Waals surface area contributed by atoms with Crippen LogP contribution in [0.1, 0.15) is 45.4 Å². The first-order valence-electron chi connectivity index (χ1n) is 9.37. The molecule has 1 atom stereocenters. The van der Waals surface area contributed by atoms with Gasteiger partial charge in [0.15, 0.2) is 0 Å². The van der Waals surface area contributed by atoms with Gasteiger partial charge in [-0.15, -0.1) is 0 Å². The second kappa shape index (κ2) is 6.11. The van der Waals surface area contributed by atoms with Gasteiger partial charge in [-0.3, -0.25) is 19.6 Å². The fourth-order valence-electron chi connectivity index (χ4n) is 5.87. The van der Waals surface area contributed by atoms with Crippen molar-refractivity contribution in [2.45, 2.75) is 52.0 Å². The summed E-state index contributed by atoms with van der Waals surface area (Å²) in [6.07, 6.45) is 10.6. The largest absolute Gasteiger partial charge is 0.355 e. The highest BCUT2D eigenvalue weighted by Crippen LogP contribution is 2.59. The Kier molecular flexibility index (Phi) is 4.04. The van der Waals surface area contributed by atoms with E-state index < -0.39 is 4.92 Å². The van der Waals surface area contributed by atoms with Crippen LogP contribution in [0.2, 0.25) is 0 Å². The van der Waals surface area contributed by atoms with Gasteiger partial charge in [0.25, 0.3) is 0 Å². The fourth-order valence-corrected chi connectivity index (χ4v) is 5.87. The van der Waals surface area contributed by atoms with Crippen LogP contribution in [-0.2, 0) is 11.3 Å². The van der Waals surface area contributed by atoms with Crippen LogP contribution in [0.4, 0.5) is 5.69 Å². The van der Waals surface area contributed by atoms with Crippen molar-refractivity contribution in [2.75, 3.05) is 6.54 Å². The molecule has 4 aliphatic carbocycles. The maximum absolute atomic E-state index is 12.5. The van der Waals surface area contributed by atoms with Crippen LogP contribution in [0.25, 0.3) is 0 Å². The molecule has 5 rings (SSSR count). The molecule has 25 heavy (non-hydrogen) atoms. The van der Waals surface area contributed by atoms with Crippen LogP contribution in [0, 0.1) is 39.2 Å². The number of hydrogen-bond acceptors (Lipinski definition) is 4. The fraction of sp³-hybridized carbons (Fsp3) is 0.778. The molecule has 4 saturated carbocycles. The van der Waals surface area contributed by atoms with Crippen LogP contribution >= 0.6 is 0 Å². The monoisotopic (exact) mass is 346 g/mol. The zero-order valence-corrected chi connectivity index (χ0v) is 14.7. The molecule has 4 aliphatic rings. The maximum Gasteiger partial charge on any atom is 0.306 e. The summed E-state index contributed by atoms with van der Waals surface area (Å²) >= 11 is 0. The van der Waals surface area contributed by atoms with Gasteiger partial charge in [-0.2, -0.15) is 5.10 Å². The lowest BCUT2D eigenvalue weighted by molar-refractivity contribution is -0.385. The molecule has 0 spiro atoms. The zero-order valence-electron chi connectivity index (χ0n) is 14.7. The minimum absolute atomic E-state index is 0.0221. The lowest BCUT2D eigenvalue weighted by Crippen LogP contribution is -2.51. The van der Waals surface area contributed by atoms with Crippen molar-refractivity contribution >= 4 is 11.6 Å². The number of amides is 1. The van der Waals surface area contributed by atoms with E-state index in [0.717, 1.165) is 24.3 Å². The summed E-state index contributed by atoms with van der Waals surface area (Å²) in [6.45, 7) is 3.00. The van der Waals surface area contributed by atoms with Crippen molar-refractivity contribution in [3.05, 3.63) is 22.5 Å². The topological polar surface area (TPSA) is 90.1 Å². The number of nitrogens with zero attached hydrogens (tertiary/aromatic N) is 3. The molecule has 4 fully saturated rings. The summed E-state index contributed by atoms with van der Waals surface area (Å²) in [7, 11) is 0. The summed E-state index contributed by atoms with van der Waals surface area (Å²) < 4.78 is 1.48. The number of nitrogens with one attached hydrogen (secondary N) is 1. The highest BCUT2D eigenvalue weighted by atomic mass is 16.6. The van der Waals surface area contributed by atoms with E-state index >= 15 is 0 Å². The Labute approximate surface area is 147 Å². The zero-order chi connectivity index (χ0) is 17.6. The van der Waals surface area contributed by atoms with E-state index in [4.69, 9.17) is 0 Å². The van der Waals surface area contributed by atoms with Crippen LogP contribution in [0.3, 0.4) is 0 Å². The number of hydrogen-bond donors (Lipinski definition) is 1. The molecule has 1 N–H and O–H groups in total. The van der Waals surface area contributed by atoms with Crippen molar-refractivity contribution in [3.63, 3.8) is 0 Å². The van der Waals surface area contributed by atoms with E-state index in [0.29, 0.717) is 12.0 Å². The predicted octanol–water partition coefficient (Wildman–Crippen LogP) is 2.76. The molecular formula is C18H26N4O3. The van der Waals surface area contributed by atoms with Gasteiger partial charge in [-0.25, -0.2) is 0 Å². The minimum atomic E-state index is -0.471. The Morgan fingerprint density at radius 1 is 1.36 bits per heavy atom. The van der Waals surface area contributed by atoms with Crippen molar-refractivity contribution in [2.24, 2.45) is 29.1 Å². The van der Waals surface area contributed by atoms with Gasteiger partial charge in [-0.05, 0) is 61.7 Å². The average molecular weight is 346 g/mol. The van der Waals surface area contributed by atoms with Crippen molar-refractivity contribution in [1.29, 1.82) is 0 Å². The summed E-state index contributed by atoms with van der Waals surface area (Å²) in [5, 5.41) is 17.9. The first-order valence-corrected chi connectivity index (χ1v) is 9.37.